The molecule has 0 spiro atoms. The first-order valence-corrected chi connectivity index (χ1v) is 7.81. The summed E-state index contributed by atoms with van der Waals surface area (Å²) in [6.07, 6.45) is 3.01. The van der Waals surface area contributed by atoms with Crippen LogP contribution in [0.25, 0.3) is 0 Å². The fourth-order valence-electron chi connectivity index (χ4n) is 2.53. The molecule has 3 rings (SSSR count). The van der Waals surface area contributed by atoms with Crippen molar-refractivity contribution in [1.29, 1.82) is 0 Å². The van der Waals surface area contributed by atoms with E-state index < -0.39 is 6.03 Å². The van der Waals surface area contributed by atoms with Crippen LogP contribution in [-0.4, -0.2) is 39.3 Å². The van der Waals surface area contributed by atoms with E-state index in [1.54, 1.807) is 18.2 Å². The van der Waals surface area contributed by atoms with Gasteiger partial charge in [-0.25, -0.2) is 14.8 Å². The second-order valence-electron chi connectivity index (χ2n) is 6.03. The number of hydrogen-bond donors (Lipinski definition) is 2. The molecule has 0 fully saturated rings. The number of hydrogen-bond acceptors (Lipinski definition) is 5. The molecule has 0 saturated carbocycles. The topological polar surface area (TPSA) is 104 Å². The Morgan fingerprint density at radius 2 is 1.76 bits per heavy atom. The van der Waals surface area contributed by atoms with Crippen molar-refractivity contribution in [3.05, 3.63) is 47.8 Å². The van der Waals surface area contributed by atoms with Crippen LogP contribution in [0.5, 0.6) is 0 Å². The molecule has 128 valence electrons. The number of anilines is 2. The van der Waals surface area contributed by atoms with Crippen molar-refractivity contribution in [3.63, 3.8) is 0 Å². The van der Waals surface area contributed by atoms with Gasteiger partial charge in [0.1, 0.15) is 0 Å². The minimum atomic E-state index is -0.540. The molecule has 0 bridgehead atoms. The molecule has 0 unspecified atom stereocenters. The molecule has 2 heterocycles. The van der Waals surface area contributed by atoms with Gasteiger partial charge in [-0.2, -0.15) is 0 Å². The summed E-state index contributed by atoms with van der Waals surface area (Å²) in [4.78, 5) is 45.7. The zero-order valence-corrected chi connectivity index (χ0v) is 13.8. The fraction of sp³-hybridized carbons (Fsp3) is 0.235. The van der Waals surface area contributed by atoms with E-state index in [2.05, 4.69) is 20.6 Å². The second kappa shape index (κ2) is 6.68. The highest BCUT2D eigenvalue weighted by atomic mass is 16.2. The Bertz CT molecular complexity index is 835. The van der Waals surface area contributed by atoms with Gasteiger partial charge in [0.05, 0.1) is 11.1 Å². The summed E-state index contributed by atoms with van der Waals surface area (Å²) in [5.74, 6) is -0.307. The normalized spacial score (nSPS) is 13.2. The van der Waals surface area contributed by atoms with Crippen molar-refractivity contribution in [2.24, 2.45) is 5.92 Å². The van der Waals surface area contributed by atoms with E-state index in [0.29, 0.717) is 23.4 Å². The lowest BCUT2D eigenvalue weighted by molar-refractivity contribution is 0.0636. The first-order chi connectivity index (χ1) is 12.0. The predicted octanol–water partition coefficient (Wildman–Crippen LogP) is 2.37. The van der Waals surface area contributed by atoms with Gasteiger partial charge in [-0.15, -0.1) is 0 Å². The second-order valence-corrected chi connectivity index (χ2v) is 6.03. The van der Waals surface area contributed by atoms with Gasteiger partial charge in [-0.05, 0) is 30.2 Å². The maximum absolute atomic E-state index is 12.4. The molecule has 1 aromatic heterocycles. The summed E-state index contributed by atoms with van der Waals surface area (Å²) in [6, 6.07) is 5.72. The largest absolute Gasteiger partial charge is 0.326 e. The molecule has 2 aromatic rings. The van der Waals surface area contributed by atoms with Gasteiger partial charge in [0.15, 0.2) is 0 Å². The Balaban J connectivity index is 1.74. The quantitative estimate of drug-likeness (QED) is 0.832. The molecule has 2 N–H and O–H groups in total. The third kappa shape index (κ3) is 3.47. The monoisotopic (exact) mass is 339 g/mol. The lowest BCUT2D eigenvalue weighted by Gasteiger charge is -2.15. The molecular weight excluding hydrogens is 322 g/mol. The highest BCUT2D eigenvalue weighted by molar-refractivity contribution is 6.22. The molecule has 1 aromatic carbocycles. The molecule has 8 heteroatoms. The van der Waals surface area contributed by atoms with Gasteiger partial charge in [-0.3, -0.25) is 19.8 Å². The Hall–Kier alpha value is -3.29. The van der Waals surface area contributed by atoms with Gasteiger partial charge < -0.3 is 5.32 Å². The summed E-state index contributed by atoms with van der Waals surface area (Å²) >= 11 is 0. The van der Waals surface area contributed by atoms with Crippen LogP contribution in [0.3, 0.4) is 0 Å². The minimum Gasteiger partial charge on any atom is -0.308 e. The third-order valence-electron chi connectivity index (χ3n) is 3.57. The van der Waals surface area contributed by atoms with E-state index in [1.165, 1.54) is 23.4 Å². The number of amides is 4. The van der Waals surface area contributed by atoms with Gasteiger partial charge in [0, 0.05) is 24.6 Å². The Morgan fingerprint density at radius 1 is 1.08 bits per heavy atom. The van der Waals surface area contributed by atoms with Crippen molar-refractivity contribution in [3.8, 4) is 0 Å². The molecule has 8 nitrogen and oxygen atoms in total. The van der Waals surface area contributed by atoms with Crippen LogP contribution in [-0.2, 0) is 0 Å². The van der Waals surface area contributed by atoms with E-state index in [1.807, 2.05) is 13.8 Å². The number of aromatic nitrogens is 2. The van der Waals surface area contributed by atoms with Crippen LogP contribution in [0.15, 0.2) is 36.7 Å². The van der Waals surface area contributed by atoms with Crippen LogP contribution < -0.4 is 10.6 Å². The van der Waals surface area contributed by atoms with Gasteiger partial charge >= 0.3 is 6.03 Å². The van der Waals surface area contributed by atoms with E-state index in [-0.39, 0.29) is 23.7 Å². The molecule has 25 heavy (non-hydrogen) atoms. The highest BCUT2D eigenvalue weighted by Crippen LogP contribution is 2.26. The number of fused-ring (bicyclic) bond motifs is 1. The molecular formula is C17H17N5O3. The van der Waals surface area contributed by atoms with E-state index in [9.17, 15) is 14.4 Å². The number of rotatable bonds is 4. The van der Waals surface area contributed by atoms with Crippen molar-refractivity contribution in [1.82, 2.24) is 14.9 Å². The minimum absolute atomic E-state index is 0.163. The molecule has 1 aliphatic heterocycles. The molecule has 0 aliphatic carbocycles. The lowest BCUT2D eigenvalue weighted by Crippen LogP contribution is -2.33. The summed E-state index contributed by atoms with van der Waals surface area (Å²) < 4.78 is 0. The van der Waals surface area contributed by atoms with Crippen LogP contribution in [0.2, 0.25) is 0 Å². The van der Waals surface area contributed by atoms with Crippen molar-refractivity contribution in [2.45, 2.75) is 13.8 Å². The zero-order chi connectivity index (χ0) is 18.0. The number of nitrogens with zero attached hydrogens (tertiary/aromatic N) is 3. The van der Waals surface area contributed by atoms with Gasteiger partial charge in [0.25, 0.3) is 11.8 Å². The first-order valence-electron chi connectivity index (χ1n) is 7.81. The van der Waals surface area contributed by atoms with Crippen molar-refractivity contribution >= 4 is 29.5 Å². The number of nitrogens with one attached hydrogen (secondary N) is 2. The van der Waals surface area contributed by atoms with Crippen molar-refractivity contribution in [2.75, 3.05) is 17.2 Å². The third-order valence-corrected chi connectivity index (χ3v) is 3.57. The molecule has 4 amide bonds. The summed E-state index contributed by atoms with van der Waals surface area (Å²) in [5.41, 5.74) is 1.04. The average molecular weight is 339 g/mol. The maximum Gasteiger partial charge on any atom is 0.326 e. The predicted molar refractivity (Wildman–Crippen MR) is 91.3 cm³/mol. The summed E-state index contributed by atoms with van der Waals surface area (Å²) in [6.45, 7) is 4.24. The van der Waals surface area contributed by atoms with Crippen LogP contribution in [0, 0.1) is 5.92 Å². The number of imide groups is 1. The van der Waals surface area contributed by atoms with E-state index >= 15 is 0 Å². The van der Waals surface area contributed by atoms with Gasteiger partial charge in [-0.1, -0.05) is 13.8 Å². The average Bonchev–Trinajstić information content (AvgIpc) is 2.80. The molecule has 0 radical (unpaired) electrons. The van der Waals surface area contributed by atoms with Crippen LogP contribution >= 0.6 is 0 Å². The molecule has 0 atom stereocenters. The van der Waals surface area contributed by atoms with Crippen LogP contribution in [0.4, 0.5) is 16.4 Å². The summed E-state index contributed by atoms with van der Waals surface area (Å²) in [7, 11) is 0. The maximum atomic E-state index is 12.4. The van der Waals surface area contributed by atoms with E-state index in [0.717, 1.165) is 0 Å². The Morgan fingerprint density at radius 3 is 2.44 bits per heavy atom. The summed E-state index contributed by atoms with van der Waals surface area (Å²) in [5, 5.41) is 5.08. The standard InChI is InChI=1S/C17H17N5O3/c1-10(2)9-22-14(23)12-5-4-11(8-13(12)15(22)24)20-17(25)21-16-18-6-3-7-19-16/h3-8,10H,9H2,1-2H3,(H2,18,19,20,21,25). The fourth-order valence-corrected chi connectivity index (χ4v) is 2.53. The zero-order valence-electron chi connectivity index (χ0n) is 13.8. The number of benzene rings is 1. The number of urea groups is 1. The Labute approximate surface area is 144 Å². The van der Waals surface area contributed by atoms with E-state index in [4.69, 9.17) is 0 Å². The SMILES string of the molecule is CC(C)CN1C(=O)c2ccc(NC(=O)Nc3ncccn3)cc2C1=O. The number of carbonyl (C=O) groups excluding carboxylic acids is 3. The van der Waals surface area contributed by atoms with Crippen molar-refractivity contribution < 1.29 is 14.4 Å². The number of carbonyl (C=O) groups is 3. The lowest BCUT2D eigenvalue weighted by atomic mass is 10.1. The Kier molecular flexibility index (Phi) is 4.42. The van der Waals surface area contributed by atoms with Gasteiger partial charge in [0.2, 0.25) is 5.95 Å². The smallest absolute Gasteiger partial charge is 0.308 e. The highest BCUT2D eigenvalue weighted by Gasteiger charge is 2.35. The first kappa shape index (κ1) is 16.6. The molecule has 1 aliphatic rings. The van der Waals surface area contributed by atoms with Crippen LogP contribution in [0.1, 0.15) is 34.6 Å². The molecule has 0 saturated heterocycles.